The van der Waals surface area contributed by atoms with Crippen molar-refractivity contribution in [1.29, 1.82) is 0 Å². The maximum absolute atomic E-state index is 12.2. The monoisotopic (exact) mass is 324 g/mol. The summed E-state index contributed by atoms with van der Waals surface area (Å²) in [5.41, 5.74) is 1.06. The fourth-order valence-corrected chi connectivity index (χ4v) is 3.94. The van der Waals surface area contributed by atoms with Crippen LogP contribution in [0.4, 0.5) is 0 Å². The molecule has 0 aliphatic rings. The number of hydrogen-bond acceptors (Lipinski definition) is 4. The minimum Gasteiger partial charge on any atom is -0.316 e. The van der Waals surface area contributed by atoms with Crippen molar-refractivity contribution in [3.8, 4) is 0 Å². The number of aryl methyl sites for hydroxylation is 1. The van der Waals surface area contributed by atoms with Crippen LogP contribution in [0.2, 0.25) is 0 Å². The zero-order chi connectivity index (χ0) is 15.3. The van der Waals surface area contributed by atoms with Crippen LogP contribution in [0.25, 0.3) is 0 Å². The molecule has 114 valence electrons. The fraction of sp³-hybridized carbons (Fsp3) is 0.333. The molecule has 0 fully saturated rings. The van der Waals surface area contributed by atoms with Gasteiger partial charge in [-0.25, -0.2) is 13.1 Å². The Morgan fingerprint density at radius 2 is 1.67 bits per heavy atom. The van der Waals surface area contributed by atoms with Crippen molar-refractivity contribution in [2.24, 2.45) is 0 Å². The van der Waals surface area contributed by atoms with Crippen LogP contribution in [0.15, 0.2) is 41.3 Å². The van der Waals surface area contributed by atoms with Gasteiger partial charge in [-0.2, -0.15) is 0 Å². The van der Waals surface area contributed by atoms with E-state index in [2.05, 4.69) is 17.0 Å². The number of hydrogen-bond donors (Lipinski definition) is 2. The largest absolute Gasteiger partial charge is 0.316 e. The number of nitrogens with one attached hydrogen (secondary N) is 2. The lowest BCUT2D eigenvalue weighted by atomic mass is 10.2. The topological polar surface area (TPSA) is 58.2 Å². The van der Waals surface area contributed by atoms with Crippen LogP contribution >= 0.6 is 11.3 Å². The van der Waals surface area contributed by atoms with Crippen LogP contribution < -0.4 is 10.0 Å². The smallest absolute Gasteiger partial charge is 0.240 e. The second-order valence-corrected chi connectivity index (χ2v) is 7.74. The van der Waals surface area contributed by atoms with E-state index in [0.717, 1.165) is 23.4 Å². The maximum atomic E-state index is 12.2. The number of rotatable bonds is 7. The molecule has 6 heteroatoms. The van der Waals surface area contributed by atoms with Gasteiger partial charge >= 0.3 is 0 Å². The Labute approximate surface area is 130 Å². The van der Waals surface area contributed by atoms with E-state index in [1.165, 1.54) is 4.88 Å². The summed E-state index contributed by atoms with van der Waals surface area (Å²) in [6.07, 6.45) is 0.977. The molecule has 2 N–H and O–H groups in total. The first-order valence-corrected chi connectivity index (χ1v) is 9.16. The van der Waals surface area contributed by atoms with E-state index < -0.39 is 10.0 Å². The summed E-state index contributed by atoms with van der Waals surface area (Å²) in [4.78, 5) is 2.59. The molecular formula is C15H20N2O2S2. The average molecular weight is 324 g/mol. The summed E-state index contributed by atoms with van der Waals surface area (Å²) >= 11 is 1.64. The van der Waals surface area contributed by atoms with Crippen molar-refractivity contribution in [3.63, 3.8) is 0 Å². The van der Waals surface area contributed by atoms with Crippen LogP contribution in [0.1, 0.15) is 22.2 Å². The van der Waals surface area contributed by atoms with Gasteiger partial charge in [0.25, 0.3) is 0 Å². The van der Waals surface area contributed by atoms with Crippen molar-refractivity contribution in [2.45, 2.75) is 31.3 Å². The number of sulfonamides is 1. The van der Waals surface area contributed by atoms with Crippen molar-refractivity contribution in [1.82, 2.24) is 10.0 Å². The minimum atomic E-state index is -3.45. The highest BCUT2D eigenvalue weighted by Crippen LogP contribution is 2.18. The average Bonchev–Trinajstić information content (AvgIpc) is 2.94. The quantitative estimate of drug-likeness (QED) is 0.823. The summed E-state index contributed by atoms with van der Waals surface area (Å²) in [5.74, 6) is 0. The molecule has 2 aromatic rings. The molecule has 0 unspecified atom stereocenters. The van der Waals surface area contributed by atoms with E-state index in [1.807, 2.05) is 31.3 Å². The Bertz CT molecular complexity index is 676. The number of benzene rings is 1. The van der Waals surface area contributed by atoms with Gasteiger partial charge in [-0.3, -0.25) is 0 Å². The van der Waals surface area contributed by atoms with E-state index in [1.54, 1.807) is 23.5 Å². The molecule has 0 radical (unpaired) electrons. The van der Waals surface area contributed by atoms with Crippen LogP contribution in [0.5, 0.6) is 0 Å². The van der Waals surface area contributed by atoms with Gasteiger partial charge in [0.2, 0.25) is 10.0 Å². The molecule has 1 aromatic heterocycles. The zero-order valence-corrected chi connectivity index (χ0v) is 13.9. The summed E-state index contributed by atoms with van der Waals surface area (Å²) in [6, 6.07) is 10.9. The van der Waals surface area contributed by atoms with Crippen molar-refractivity contribution in [2.75, 3.05) is 7.05 Å². The van der Waals surface area contributed by atoms with Gasteiger partial charge in [-0.05, 0) is 43.3 Å². The Hall–Kier alpha value is -1.21. The SMILES string of the molecule is CCc1ccc(CNS(=O)(=O)c2ccc(CNC)cc2)s1. The van der Waals surface area contributed by atoms with Gasteiger partial charge in [-0.15, -0.1) is 11.3 Å². The first-order valence-electron chi connectivity index (χ1n) is 6.86. The van der Waals surface area contributed by atoms with Gasteiger partial charge in [0, 0.05) is 22.8 Å². The molecule has 0 spiro atoms. The molecule has 0 aliphatic heterocycles. The molecule has 0 saturated carbocycles. The standard InChI is InChI=1S/C15H20N2O2S2/c1-3-13-6-7-14(20-13)11-17-21(18,19)15-8-4-12(5-9-15)10-16-2/h4-9,16-17H,3,10-11H2,1-2H3. The van der Waals surface area contributed by atoms with Gasteiger partial charge in [0.05, 0.1) is 4.90 Å². The summed E-state index contributed by atoms with van der Waals surface area (Å²) in [7, 11) is -1.59. The van der Waals surface area contributed by atoms with Gasteiger partial charge < -0.3 is 5.32 Å². The predicted octanol–water partition coefficient (Wildman–Crippen LogP) is 2.51. The van der Waals surface area contributed by atoms with Crippen LogP contribution in [0, 0.1) is 0 Å². The maximum Gasteiger partial charge on any atom is 0.240 e. The Kier molecular flexibility index (Phi) is 5.52. The number of thiophene rings is 1. The predicted molar refractivity (Wildman–Crippen MR) is 86.9 cm³/mol. The van der Waals surface area contributed by atoms with Crippen LogP contribution in [-0.4, -0.2) is 15.5 Å². The summed E-state index contributed by atoms with van der Waals surface area (Å²) in [6.45, 7) is 3.15. The fourth-order valence-electron chi connectivity index (χ4n) is 1.95. The van der Waals surface area contributed by atoms with E-state index >= 15 is 0 Å². The van der Waals surface area contributed by atoms with Gasteiger partial charge in [-0.1, -0.05) is 19.1 Å². The Balaban J connectivity index is 2.03. The van der Waals surface area contributed by atoms with Gasteiger partial charge in [0.1, 0.15) is 0 Å². The lowest BCUT2D eigenvalue weighted by Crippen LogP contribution is -2.22. The molecule has 0 aliphatic carbocycles. The van der Waals surface area contributed by atoms with E-state index in [4.69, 9.17) is 0 Å². The molecule has 2 rings (SSSR count). The minimum absolute atomic E-state index is 0.301. The molecule has 1 aromatic carbocycles. The summed E-state index contributed by atoms with van der Waals surface area (Å²) in [5, 5.41) is 3.03. The second-order valence-electron chi connectivity index (χ2n) is 4.72. The Morgan fingerprint density at radius 1 is 1.00 bits per heavy atom. The Morgan fingerprint density at radius 3 is 2.24 bits per heavy atom. The van der Waals surface area contributed by atoms with Crippen LogP contribution in [-0.2, 0) is 29.5 Å². The van der Waals surface area contributed by atoms with Crippen LogP contribution in [0.3, 0.4) is 0 Å². The molecular weight excluding hydrogens is 304 g/mol. The highest BCUT2D eigenvalue weighted by atomic mass is 32.2. The molecule has 4 nitrogen and oxygen atoms in total. The third-order valence-corrected chi connectivity index (χ3v) is 5.76. The molecule has 1 heterocycles. The molecule has 0 atom stereocenters. The van der Waals surface area contributed by atoms with Crippen molar-refractivity contribution < 1.29 is 8.42 Å². The first-order chi connectivity index (χ1) is 10.0. The third-order valence-electron chi connectivity index (χ3n) is 3.12. The summed E-state index contributed by atoms with van der Waals surface area (Å²) < 4.78 is 27.1. The van der Waals surface area contributed by atoms with E-state index in [0.29, 0.717) is 11.4 Å². The second kappa shape index (κ2) is 7.17. The van der Waals surface area contributed by atoms with Gasteiger partial charge in [0.15, 0.2) is 0 Å². The lowest BCUT2D eigenvalue weighted by molar-refractivity contribution is 0.582. The highest BCUT2D eigenvalue weighted by molar-refractivity contribution is 7.89. The highest BCUT2D eigenvalue weighted by Gasteiger charge is 2.13. The van der Waals surface area contributed by atoms with E-state index in [-0.39, 0.29) is 0 Å². The molecule has 0 saturated heterocycles. The van der Waals surface area contributed by atoms with E-state index in [9.17, 15) is 8.42 Å². The molecule has 0 amide bonds. The normalized spacial score (nSPS) is 11.7. The first kappa shape index (κ1) is 16.2. The third kappa shape index (κ3) is 4.38. The van der Waals surface area contributed by atoms with Crippen molar-refractivity contribution >= 4 is 21.4 Å². The lowest BCUT2D eigenvalue weighted by Gasteiger charge is -2.07. The molecule has 0 bridgehead atoms. The van der Waals surface area contributed by atoms with Crippen molar-refractivity contribution in [3.05, 3.63) is 51.7 Å². The molecule has 21 heavy (non-hydrogen) atoms. The zero-order valence-electron chi connectivity index (χ0n) is 12.2.